The van der Waals surface area contributed by atoms with Crippen LogP contribution in [-0.2, 0) is 0 Å². The Bertz CT molecular complexity index is 344. The molecule has 0 saturated carbocycles. The predicted molar refractivity (Wildman–Crippen MR) is 56.0 cm³/mol. The van der Waals surface area contributed by atoms with E-state index in [0.29, 0.717) is 12.0 Å². The van der Waals surface area contributed by atoms with E-state index in [-0.39, 0.29) is 0 Å². The van der Waals surface area contributed by atoms with Crippen molar-refractivity contribution in [2.75, 3.05) is 13.1 Å². The van der Waals surface area contributed by atoms with Gasteiger partial charge in [0.2, 0.25) is 0 Å². The molecule has 2 heterocycles. The highest BCUT2D eigenvalue weighted by atomic mass is 15.1. The van der Waals surface area contributed by atoms with E-state index < -0.39 is 0 Å². The van der Waals surface area contributed by atoms with Crippen LogP contribution in [0.3, 0.4) is 0 Å². The Morgan fingerprint density at radius 3 is 3.14 bits per heavy atom. The molecular formula is C11H15N3. The fourth-order valence-electron chi connectivity index (χ4n) is 1.77. The summed E-state index contributed by atoms with van der Waals surface area (Å²) in [5.74, 6) is 3.32. The molecule has 1 aromatic rings. The molecule has 0 spiro atoms. The summed E-state index contributed by atoms with van der Waals surface area (Å²) in [7, 11) is 0. The van der Waals surface area contributed by atoms with Gasteiger partial charge in [-0.05, 0) is 6.92 Å². The van der Waals surface area contributed by atoms with Gasteiger partial charge in [0.15, 0.2) is 0 Å². The van der Waals surface area contributed by atoms with Crippen LogP contribution in [0, 0.1) is 12.3 Å². The Kier molecular flexibility index (Phi) is 2.55. The van der Waals surface area contributed by atoms with Gasteiger partial charge in [-0.15, -0.1) is 12.3 Å². The zero-order chi connectivity index (χ0) is 9.97. The van der Waals surface area contributed by atoms with Gasteiger partial charge in [-0.2, -0.15) is 0 Å². The van der Waals surface area contributed by atoms with Crippen LogP contribution in [0.2, 0.25) is 0 Å². The summed E-state index contributed by atoms with van der Waals surface area (Å²) in [4.78, 5) is 4.19. The fourth-order valence-corrected chi connectivity index (χ4v) is 1.77. The van der Waals surface area contributed by atoms with Crippen LogP contribution in [0.4, 0.5) is 0 Å². The second-order valence-electron chi connectivity index (χ2n) is 3.84. The van der Waals surface area contributed by atoms with Crippen molar-refractivity contribution >= 4 is 0 Å². The van der Waals surface area contributed by atoms with Crippen LogP contribution in [0.15, 0.2) is 12.5 Å². The van der Waals surface area contributed by atoms with Crippen molar-refractivity contribution in [2.45, 2.75) is 25.3 Å². The van der Waals surface area contributed by atoms with Gasteiger partial charge in [0, 0.05) is 43.4 Å². The van der Waals surface area contributed by atoms with Gasteiger partial charge in [-0.1, -0.05) is 0 Å². The van der Waals surface area contributed by atoms with Crippen molar-refractivity contribution in [1.82, 2.24) is 14.9 Å². The molecule has 3 nitrogen and oxygen atoms in total. The maximum absolute atomic E-state index is 5.31. The van der Waals surface area contributed by atoms with Crippen LogP contribution in [0.1, 0.15) is 31.0 Å². The van der Waals surface area contributed by atoms with Crippen molar-refractivity contribution in [2.24, 2.45) is 0 Å². The van der Waals surface area contributed by atoms with E-state index in [1.807, 2.05) is 12.5 Å². The first-order valence-electron chi connectivity index (χ1n) is 4.99. The Balaban J connectivity index is 2.16. The molecule has 0 bridgehead atoms. The van der Waals surface area contributed by atoms with Crippen molar-refractivity contribution in [3.05, 3.63) is 18.2 Å². The third kappa shape index (κ3) is 1.53. The first-order valence-corrected chi connectivity index (χ1v) is 4.99. The maximum atomic E-state index is 5.31. The van der Waals surface area contributed by atoms with Crippen molar-refractivity contribution < 1.29 is 0 Å². The molecular weight excluding hydrogens is 174 g/mol. The van der Waals surface area contributed by atoms with Gasteiger partial charge in [0.25, 0.3) is 0 Å². The van der Waals surface area contributed by atoms with E-state index in [4.69, 9.17) is 6.42 Å². The van der Waals surface area contributed by atoms with Gasteiger partial charge in [-0.25, -0.2) is 4.98 Å². The number of nitrogens with zero attached hydrogens (tertiary/aromatic N) is 2. The van der Waals surface area contributed by atoms with Crippen LogP contribution < -0.4 is 5.32 Å². The molecule has 1 saturated heterocycles. The largest absolute Gasteiger partial charge is 0.330 e. The number of nitrogens with one attached hydrogen (secondary N) is 1. The quantitative estimate of drug-likeness (QED) is 0.723. The first-order chi connectivity index (χ1) is 6.83. The summed E-state index contributed by atoms with van der Waals surface area (Å²) >= 11 is 0. The van der Waals surface area contributed by atoms with E-state index in [0.717, 1.165) is 19.5 Å². The van der Waals surface area contributed by atoms with Crippen LogP contribution >= 0.6 is 0 Å². The van der Waals surface area contributed by atoms with Gasteiger partial charge in [0.05, 0.1) is 6.33 Å². The molecule has 74 valence electrons. The molecule has 1 N–H and O–H groups in total. The Labute approximate surface area is 84.5 Å². The van der Waals surface area contributed by atoms with E-state index in [1.165, 1.54) is 5.69 Å². The van der Waals surface area contributed by atoms with Gasteiger partial charge >= 0.3 is 0 Å². The topological polar surface area (TPSA) is 29.9 Å². The normalized spacial score (nSPS) is 18.6. The van der Waals surface area contributed by atoms with E-state index in [9.17, 15) is 0 Å². The molecule has 0 radical (unpaired) electrons. The Hall–Kier alpha value is -1.27. The second-order valence-corrected chi connectivity index (χ2v) is 3.84. The summed E-state index contributed by atoms with van der Waals surface area (Å²) in [6.07, 6.45) is 9.92. The number of terminal acetylenes is 1. The number of rotatable bonds is 3. The molecule has 0 aromatic carbocycles. The summed E-state index contributed by atoms with van der Waals surface area (Å²) in [5.41, 5.74) is 1.31. The lowest BCUT2D eigenvalue weighted by atomic mass is 9.99. The highest BCUT2D eigenvalue weighted by Crippen LogP contribution is 2.23. The molecule has 1 aliphatic heterocycles. The molecule has 14 heavy (non-hydrogen) atoms. The third-order valence-corrected chi connectivity index (χ3v) is 2.78. The molecule has 1 unspecified atom stereocenters. The summed E-state index contributed by atoms with van der Waals surface area (Å²) in [6.45, 7) is 4.26. The minimum atomic E-state index is 0.359. The smallest absolute Gasteiger partial charge is 0.0951 e. The maximum Gasteiger partial charge on any atom is 0.0951 e. The van der Waals surface area contributed by atoms with Crippen molar-refractivity contribution in [1.29, 1.82) is 0 Å². The average molecular weight is 189 g/mol. The molecule has 3 heteroatoms. The third-order valence-electron chi connectivity index (χ3n) is 2.78. The van der Waals surface area contributed by atoms with Crippen molar-refractivity contribution in [3.8, 4) is 12.3 Å². The first kappa shape index (κ1) is 9.29. The van der Waals surface area contributed by atoms with E-state index in [2.05, 4.69) is 27.7 Å². The van der Waals surface area contributed by atoms with Crippen LogP contribution in [0.25, 0.3) is 0 Å². The monoisotopic (exact) mass is 189 g/mol. The Morgan fingerprint density at radius 1 is 1.79 bits per heavy atom. The van der Waals surface area contributed by atoms with Crippen molar-refractivity contribution in [3.63, 3.8) is 0 Å². The van der Waals surface area contributed by atoms with E-state index >= 15 is 0 Å². The van der Waals surface area contributed by atoms with Crippen LogP contribution in [-0.4, -0.2) is 22.6 Å². The number of hydrogen-bond donors (Lipinski definition) is 1. The molecule has 0 aliphatic carbocycles. The molecule has 1 aromatic heterocycles. The van der Waals surface area contributed by atoms with E-state index in [1.54, 1.807) is 0 Å². The average Bonchev–Trinajstić information content (AvgIpc) is 2.50. The summed E-state index contributed by atoms with van der Waals surface area (Å²) < 4.78 is 2.20. The number of aromatic nitrogens is 2. The lowest BCUT2D eigenvalue weighted by molar-refractivity contribution is 0.409. The Morgan fingerprint density at radius 2 is 2.57 bits per heavy atom. The summed E-state index contributed by atoms with van der Waals surface area (Å²) in [6, 6.07) is 0.359. The SMILES string of the molecule is C#CCC(C)n1cncc1C1CNC1. The standard InChI is InChI=1S/C11H15N3/c1-3-4-9(2)14-8-13-7-11(14)10-5-12-6-10/h1,7-10,12H,4-6H2,2H3. The highest BCUT2D eigenvalue weighted by Gasteiger charge is 2.23. The summed E-state index contributed by atoms with van der Waals surface area (Å²) in [5, 5.41) is 3.27. The lowest BCUT2D eigenvalue weighted by Crippen LogP contribution is -2.41. The molecule has 1 fully saturated rings. The number of imidazole rings is 1. The van der Waals surface area contributed by atoms with Gasteiger partial charge in [0.1, 0.15) is 0 Å². The molecule has 0 amide bonds. The minimum absolute atomic E-state index is 0.359. The fraction of sp³-hybridized carbons (Fsp3) is 0.545. The predicted octanol–water partition coefficient (Wildman–Crippen LogP) is 1.15. The zero-order valence-electron chi connectivity index (χ0n) is 8.40. The highest BCUT2D eigenvalue weighted by molar-refractivity contribution is 5.13. The van der Waals surface area contributed by atoms with Gasteiger partial charge < -0.3 is 9.88 Å². The molecule has 1 atom stereocenters. The second kappa shape index (κ2) is 3.85. The number of hydrogen-bond acceptors (Lipinski definition) is 2. The zero-order valence-corrected chi connectivity index (χ0v) is 8.40. The lowest BCUT2D eigenvalue weighted by Gasteiger charge is -2.29. The minimum Gasteiger partial charge on any atom is -0.330 e. The molecule has 2 rings (SSSR count). The van der Waals surface area contributed by atoms with Crippen LogP contribution in [0.5, 0.6) is 0 Å². The van der Waals surface area contributed by atoms with Gasteiger partial charge in [-0.3, -0.25) is 0 Å². The molecule has 1 aliphatic rings.